The Kier molecular flexibility index (Phi) is 3.96. The second-order valence-electron chi connectivity index (χ2n) is 5.06. The molecule has 0 amide bonds. The maximum atomic E-state index is 9.17. The molecule has 114 valence electrons. The fraction of sp³-hybridized carbons (Fsp3) is 0.125. The first kappa shape index (κ1) is 15.0. The Morgan fingerprint density at radius 2 is 2.04 bits per heavy atom. The SMILES string of the molecule is CN(C)c1cc(C#N)cc(-c2noc(-c3ccc(Cl)cn3)n2)c1. The Balaban J connectivity index is 2.02. The molecule has 3 rings (SSSR count). The van der Waals surface area contributed by atoms with Gasteiger partial charge in [-0.25, -0.2) is 4.98 Å². The van der Waals surface area contributed by atoms with Crippen molar-refractivity contribution < 1.29 is 4.52 Å². The lowest BCUT2D eigenvalue weighted by Gasteiger charge is -2.13. The molecule has 3 aromatic rings. The van der Waals surface area contributed by atoms with Crippen molar-refractivity contribution in [3.63, 3.8) is 0 Å². The van der Waals surface area contributed by atoms with Gasteiger partial charge in [-0.1, -0.05) is 16.8 Å². The summed E-state index contributed by atoms with van der Waals surface area (Å²) in [6, 6.07) is 11.0. The summed E-state index contributed by atoms with van der Waals surface area (Å²) in [6.07, 6.45) is 1.52. The molecular formula is C16H12ClN5O. The summed E-state index contributed by atoms with van der Waals surface area (Å²) in [4.78, 5) is 10.4. The summed E-state index contributed by atoms with van der Waals surface area (Å²) in [5.41, 5.74) is 2.66. The van der Waals surface area contributed by atoms with Crippen molar-refractivity contribution in [1.82, 2.24) is 15.1 Å². The van der Waals surface area contributed by atoms with Gasteiger partial charge in [0.25, 0.3) is 5.89 Å². The van der Waals surface area contributed by atoms with E-state index in [1.807, 2.05) is 25.1 Å². The van der Waals surface area contributed by atoms with Crippen LogP contribution in [0.3, 0.4) is 0 Å². The Labute approximate surface area is 138 Å². The van der Waals surface area contributed by atoms with Crippen LogP contribution in [0.2, 0.25) is 5.02 Å². The molecular weight excluding hydrogens is 314 g/mol. The van der Waals surface area contributed by atoms with E-state index < -0.39 is 0 Å². The average molecular weight is 326 g/mol. The zero-order chi connectivity index (χ0) is 16.4. The van der Waals surface area contributed by atoms with Gasteiger partial charge in [-0.15, -0.1) is 0 Å². The largest absolute Gasteiger partial charge is 0.378 e. The van der Waals surface area contributed by atoms with Crippen molar-refractivity contribution in [2.24, 2.45) is 0 Å². The van der Waals surface area contributed by atoms with Crippen molar-refractivity contribution >= 4 is 17.3 Å². The Morgan fingerprint density at radius 3 is 2.70 bits per heavy atom. The van der Waals surface area contributed by atoms with Crippen molar-refractivity contribution in [2.45, 2.75) is 0 Å². The first-order valence-corrected chi connectivity index (χ1v) is 7.13. The number of nitriles is 1. The van der Waals surface area contributed by atoms with E-state index in [1.165, 1.54) is 6.20 Å². The van der Waals surface area contributed by atoms with Crippen LogP contribution in [0.25, 0.3) is 23.0 Å². The zero-order valence-electron chi connectivity index (χ0n) is 12.5. The number of hydrogen-bond donors (Lipinski definition) is 0. The van der Waals surface area contributed by atoms with Crippen LogP contribution in [0.4, 0.5) is 5.69 Å². The number of aromatic nitrogens is 3. The predicted molar refractivity (Wildman–Crippen MR) is 87.0 cm³/mol. The minimum Gasteiger partial charge on any atom is -0.378 e. The second kappa shape index (κ2) is 6.07. The van der Waals surface area contributed by atoms with Gasteiger partial charge in [-0.3, -0.25) is 0 Å². The third kappa shape index (κ3) is 3.15. The molecule has 7 heteroatoms. The van der Waals surface area contributed by atoms with Crippen LogP contribution < -0.4 is 4.90 Å². The van der Waals surface area contributed by atoms with Gasteiger partial charge >= 0.3 is 0 Å². The second-order valence-corrected chi connectivity index (χ2v) is 5.50. The summed E-state index contributed by atoms with van der Waals surface area (Å²) in [6.45, 7) is 0. The van der Waals surface area contributed by atoms with E-state index in [1.54, 1.807) is 24.3 Å². The van der Waals surface area contributed by atoms with Crippen molar-refractivity contribution in [3.05, 3.63) is 47.1 Å². The molecule has 1 aromatic carbocycles. The summed E-state index contributed by atoms with van der Waals surface area (Å²) in [5.74, 6) is 0.697. The lowest BCUT2D eigenvalue weighted by atomic mass is 10.1. The van der Waals surface area contributed by atoms with Crippen LogP contribution in [0.15, 0.2) is 41.1 Å². The molecule has 0 aliphatic heterocycles. The van der Waals surface area contributed by atoms with E-state index in [2.05, 4.69) is 21.2 Å². The van der Waals surface area contributed by atoms with Gasteiger partial charge in [-0.05, 0) is 30.3 Å². The maximum Gasteiger partial charge on any atom is 0.276 e. The first-order valence-electron chi connectivity index (χ1n) is 6.75. The van der Waals surface area contributed by atoms with Crippen molar-refractivity contribution in [1.29, 1.82) is 5.26 Å². The molecule has 2 aromatic heterocycles. The van der Waals surface area contributed by atoms with Crippen LogP contribution in [0, 0.1) is 11.3 Å². The summed E-state index contributed by atoms with van der Waals surface area (Å²) >= 11 is 5.82. The molecule has 0 atom stereocenters. The minimum absolute atomic E-state index is 0.297. The fourth-order valence-corrected chi connectivity index (χ4v) is 2.12. The highest BCUT2D eigenvalue weighted by atomic mass is 35.5. The molecule has 0 saturated carbocycles. The zero-order valence-corrected chi connectivity index (χ0v) is 13.2. The van der Waals surface area contributed by atoms with Crippen LogP contribution in [-0.4, -0.2) is 29.2 Å². The van der Waals surface area contributed by atoms with Crippen LogP contribution in [0.1, 0.15) is 5.56 Å². The fourth-order valence-electron chi connectivity index (χ4n) is 2.01. The topological polar surface area (TPSA) is 78.8 Å². The minimum atomic E-state index is 0.297. The number of hydrogen-bond acceptors (Lipinski definition) is 6. The van der Waals surface area contributed by atoms with E-state index in [-0.39, 0.29) is 0 Å². The maximum absolute atomic E-state index is 9.17. The van der Waals surface area contributed by atoms with Gasteiger partial charge < -0.3 is 9.42 Å². The van der Waals surface area contributed by atoms with Crippen LogP contribution in [0.5, 0.6) is 0 Å². The van der Waals surface area contributed by atoms with E-state index in [4.69, 9.17) is 21.4 Å². The first-order chi connectivity index (χ1) is 11.1. The summed E-state index contributed by atoms with van der Waals surface area (Å²) < 4.78 is 5.26. The summed E-state index contributed by atoms with van der Waals surface area (Å²) in [5, 5.41) is 13.7. The lowest BCUT2D eigenvalue weighted by molar-refractivity contribution is 0.431. The standard InChI is InChI=1S/C16H12ClN5O/c1-22(2)13-6-10(8-18)5-11(7-13)15-20-16(23-21-15)14-4-3-12(17)9-19-14/h3-7,9H,1-2H3. The van der Waals surface area contributed by atoms with E-state index in [0.717, 1.165) is 5.69 Å². The monoisotopic (exact) mass is 325 g/mol. The van der Waals surface area contributed by atoms with Crippen molar-refractivity contribution in [2.75, 3.05) is 19.0 Å². The smallest absolute Gasteiger partial charge is 0.276 e. The Morgan fingerprint density at radius 1 is 1.22 bits per heavy atom. The number of benzene rings is 1. The highest BCUT2D eigenvalue weighted by molar-refractivity contribution is 6.30. The van der Waals surface area contributed by atoms with Gasteiger partial charge in [0, 0.05) is 31.5 Å². The number of pyridine rings is 1. The third-order valence-corrected chi connectivity index (χ3v) is 3.42. The third-order valence-electron chi connectivity index (χ3n) is 3.19. The molecule has 6 nitrogen and oxygen atoms in total. The summed E-state index contributed by atoms with van der Waals surface area (Å²) in [7, 11) is 3.80. The predicted octanol–water partition coefficient (Wildman–Crippen LogP) is 3.39. The van der Waals surface area contributed by atoms with Gasteiger partial charge in [-0.2, -0.15) is 10.2 Å². The Hall–Kier alpha value is -2.91. The van der Waals surface area contributed by atoms with Gasteiger partial charge in [0.15, 0.2) is 0 Å². The van der Waals surface area contributed by atoms with E-state index >= 15 is 0 Å². The highest BCUT2D eigenvalue weighted by Crippen LogP contribution is 2.26. The van der Waals surface area contributed by atoms with E-state index in [0.29, 0.717) is 33.6 Å². The average Bonchev–Trinajstić information content (AvgIpc) is 3.05. The van der Waals surface area contributed by atoms with Gasteiger partial charge in [0.2, 0.25) is 5.82 Å². The molecule has 0 bridgehead atoms. The van der Waals surface area contributed by atoms with Crippen LogP contribution in [-0.2, 0) is 0 Å². The normalized spacial score (nSPS) is 10.3. The Bertz CT molecular complexity index is 880. The molecule has 0 spiro atoms. The number of anilines is 1. The van der Waals surface area contributed by atoms with Crippen LogP contribution >= 0.6 is 11.6 Å². The van der Waals surface area contributed by atoms with Crippen molar-refractivity contribution in [3.8, 4) is 29.0 Å². The molecule has 0 unspecified atom stereocenters. The van der Waals surface area contributed by atoms with Gasteiger partial charge in [0.1, 0.15) is 5.69 Å². The van der Waals surface area contributed by atoms with Gasteiger partial charge in [0.05, 0.1) is 16.7 Å². The highest BCUT2D eigenvalue weighted by Gasteiger charge is 2.13. The van der Waals surface area contributed by atoms with E-state index in [9.17, 15) is 0 Å². The molecule has 0 aliphatic carbocycles. The molecule has 0 N–H and O–H groups in total. The quantitative estimate of drug-likeness (QED) is 0.734. The molecule has 0 fully saturated rings. The molecule has 0 saturated heterocycles. The number of nitrogens with zero attached hydrogens (tertiary/aromatic N) is 5. The number of rotatable bonds is 3. The molecule has 2 heterocycles. The molecule has 0 radical (unpaired) electrons. The molecule has 23 heavy (non-hydrogen) atoms. The lowest BCUT2D eigenvalue weighted by Crippen LogP contribution is -2.08. The molecule has 0 aliphatic rings. The number of halogens is 1.